The zero-order valence-electron chi connectivity index (χ0n) is 11.2. The van der Waals surface area contributed by atoms with Crippen LogP contribution in [-0.4, -0.2) is 37.5 Å². The van der Waals surface area contributed by atoms with Crippen molar-refractivity contribution in [3.63, 3.8) is 0 Å². The molecular formula is C13H29NO2. The molecular weight excluding hydrogens is 202 g/mol. The Morgan fingerprint density at radius 1 is 1.19 bits per heavy atom. The molecule has 0 aromatic rings. The van der Waals surface area contributed by atoms with Crippen LogP contribution in [0.4, 0.5) is 0 Å². The molecule has 16 heavy (non-hydrogen) atoms. The Kier molecular flexibility index (Phi) is 11.3. The van der Waals surface area contributed by atoms with Gasteiger partial charge in [-0.25, -0.2) is 0 Å². The van der Waals surface area contributed by atoms with Crippen LogP contribution in [0, 0.1) is 5.92 Å². The van der Waals surface area contributed by atoms with Crippen LogP contribution in [-0.2, 0) is 4.74 Å². The van der Waals surface area contributed by atoms with Gasteiger partial charge in [0, 0.05) is 13.2 Å². The van der Waals surface area contributed by atoms with Crippen LogP contribution >= 0.6 is 0 Å². The summed E-state index contributed by atoms with van der Waals surface area (Å²) in [5, 5.41) is 12.9. The molecule has 2 atom stereocenters. The van der Waals surface area contributed by atoms with Gasteiger partial charge in [0.05, 0.1) is 12.7 Å². The first-order valence-corrected chi connectivity index (χ1v) is 6.71. The van der Waals surface area contributed by atoms with Crippen molar-refractivity contribution >= 4 is 0 Å². The number of nitrogens with one attached hydrogen (secondary N) is 1. The van der Waals surface area contributed by atoms with Crippen molar-refractivity contribution in [3.05, 3.63) is 0 Å². The number of ether oxygens (including phenoxy) is 1. The molecule has 0 heterocycles. The van der Waals surface area contributed by atoms with Gasteiger partial charge in [-0.15, -0.1) is 0 Å². The van der Waals surface area contributed by atoms with Crippen LogP contribution < -0.4 is 5.32 Å². The fourth-order valence-electron chi connectivity index (χ4n) is 1.71. The Morgan fingerprint density at radius 3 is 2.50 bits per heavy atom. The van der Waals surface area contributed by atoms with Gasteiger partial charge in [0.25, 0.3) is 0 Å². The quantitative estimate of drug-likeness (QED) is 0.573. The molecule has 0 rings (SSSR count). The Bertz CT molecular complexity index is 142. The SMILES string of the molecule is CCCCC(CC)CNCC(O)COCC. The Hall–Kier alpha value is -0.120. The van der Waals surface area contributed by atoms with Crippen LogP contribution in [0.2, 0.25) is 0 Å². The zero-order valence-corrected chi connectivity index (χ0v) is 11.2. The lowest BCUT2D eigenvalue weighted by atomic mass is 9.99. The Labute approximate surface area is 101 Å². The standard InChI is InChI=1S/C13H29NO2/c1-4-7-8-12(5-2)9-14-10-13(15)11-16-6-3/h12-15H,4-11H2,1-3H3. The predicted molar refractivity (Wildman–Crippen MR) is 68.7 cm³/mol. The first-order chi connectivity index (χ1) is 7.74. The van der Waals surface area contributed by atoms with E-state index < -0.39 is 0 Å². The third-order valence-corrected chi connectivity index (χ3v) is 2.87. The van der Waals surface area contributed by atoms with Gasteiger partial charge in [-0.2, -0.15) is 0 Å². The highest BCUT2D eigenvalue weighted by atomic mass is 16.5. The van der Waals surface area contributed by atoms with Crippen molar-refractivity contribution in [2.75, 3.05) is 26.3 Å². The van der Waals surface area contributed by atoms with Gasteiger partial charge >= 0.3 is 0 Å². The van der Waals surface area contributed by atoms with E-state index in [0.717, 1.165) is 12.5 Å². The fraction of sp³-hybridized carbons (Fsp3) is 1.00. The lowest BCUT2D eigenvalue weighted by Crippen LogP contribution is -2.33. The van der Waals surface area contributed by atoms with Gasteiger partial charge in [-0.05, 0) is 25.8 Å². The van der Waals surface area contributed by atoms with Gasteiger partial charge in [-0.1, -0.05) is 33.1 Å². The van der Waals surface area contributed by atoms with Crippen LogP contribution in [0.25, 0.3) is 0 Å². The molecule has 0 aromatic carbocycles. The summed E-state index contributed by atoms with van der Waals surface area (Å²) in [5.74, 6) is 0.749. The van der Waals surface area contributed by atoms with E-state index in [1.165, 1.54) is 25.7 Å². The molecule has 0 aliphatic carbocycles. The number of rotatable bonds is 11. The fourth-order valence-corrected chi connectivity index (χ4v) is 1.71. The molecule has 0 aliphatic heterocycles. The van der Waals surface area contributed by atoms with Crippen molar-refractivity contribution in [2.24, 2.45) is 5.92 Å². The summed E-state index contributed by atoms with van der Waals surface area (Å²) in [4.78, 5) is 0. The van der Waals surface area contributed by atoms with E-state index in [-0.39, 0.29) is 6.10 Å². The minimum Gasteiger partial charge on any atom is -0.389 e. The van der Waals surface area contributed by atoms with Crippen LogP contribution in [0.3, 0.4) is 0 Å². The molecule has 0 radical (unpaired) electrons. The molecule has 3 nitrogen and oxygen atoms in total. The number of aliphatic hydroxyl groups is 1. The zero-order chi connectivity index (χ0) is 12.2. The highest BCUT2D eigenvalue weighted by molar-refractivity contribution is 4.64. The maximum atomic E-state index is 9.55. The molecule has 0 aliphatic rings. The smallest absolute Gasteiger partial charge is 0.0897 e. The molecule has 98 valence electrons. The summed E-state index contributed by atoms with van der Waals surface area (Å²) < 4.78 is 5.15. The van der Waals surface area contributed by atoms with Crippen molar-refractivity contribution < 1.29 is 9.84 Å². The lowest BCUT2D eigenvalue weighted by molar-refractivity contribution is 0.0423. The molecule has 2 unspecified atom stereocenters. The third kappa shape index (κ3) is 9.13. The summed E-state index contributed by atoms with van der Waals surface area (Å²) >= 11 is 0. The van der Waals surface area contributed by atoms with E-state index in [0.29, 0.717) is 19.8 Å². The normalized spacial score (nSPS) is 15.0. The number of unbranched alkanes of at least 4 members (excludes halogenated alkanes) is 1. The second kappa shape index (κ2) is 11.4. The molecule has 0 amide bonds. The molecule has 0 spiro atoms. The molecule has 3 heteroatoms. The summed E-state index contributed by atoms with van der Waals surface area (Å²) in [5.41, 5.74) is 0. The minimum atomic E-state index is -0.372. The van der Waals surface area contributed by atoms with E-state index in [9.17, 15) is 5.11 Å². The van der Waals surface area contributed by atoms with Gasteiger partial charge in [0.2, 0.25) is 0 Å². The third-order valence-electron chi connectivity index (χ3n) is 2.87. The van der Waals surface area contributed by atoms with E-state index >= 15 is 0 Å². The molecule has 0 bridgehead atoms. The topological polar surface area (TPSA) is 41.5 Å². The first kappa shape index (κ1) is 15.9. The largest absolute Gasteiger partial charge is 0.389 e. The number of hydrogen-bond acceptors (Lipinski definition) is 3. The van der Waals surface area contributed by atoms with Gasteiger partial charge < -0.3 is 15.2 Å². The second-order valence-corrected chi connectivity index (χ2v) is 4.39. The van der Waals surface area contributed by atoms with Crippen molar-refractivity contribution in [3.8, 4) is 0 Å². The molecule has 2 N–H and O–H groups in total. The predicted octanol–water partition coefficient (Wildman–Crippen LogP) is 2.19. The summed E-state index contributed by atoms with van der Waals surface area (Å²) in [6, 6.07) is 0. The van der Waals surface area contributed by atoms with Crippen molar-refractivity contribution in [1.29, 1.82) is 0 Å². The molecule has 0 saturated heterocycles. The van der Waals surface area contributed by atoms with Gasteiger partial charge in [-0.3, -0.25) is 0 Å². The second-order valence-electron chi connectivity index (χ2n) is 4.39. The van der Waals surface area contributed by atoms with Crippen LogP contribution in [0.15, 0.2) is 0 Å². The van der Waals surface area contributed by atoms with E-state index in [1.54, 1.807) is 0 Å². The maximum absolute atomic E-state index is 9.55. The summed E-state index contributed by atoms with van der Waals surface area (Å²) in [7, 11) is 0. The molecule has 0 fully saturated rings. The highest BCUT2D eigenvalue weighted by Crippen LogP contribution is 2.10. The Balaban J connectivity index is 3.45. The average molecular weight is 231 g/mol. The van der Waals surface area contributed by atoms with Crippen LogP contribution in [0.1, 0.15) is 46.5 Å². The van der Waals surface area contributed by atoms with Gasteiger partial charge in [0.15, 0.2) is 0 Å². The maximum Gasteiger partial charge on any atom is 0.0897 e. The minimum absolute atomic E-state index is 0.372. The number of hydrogen-bond donors (Lipinski definition) is 2. The summed E-state index contributed by atoms with van der Waals surface area (Å²) in [6.45, 7) is 9.17. The average Bonchev–Trinajstić information content (AvgIpc) is 2.30. The monoisotopic (exact) mass is 231 g/mol. The van der Waals surface area contributed by atoms with E-state index in [1.807, 2.05) is 6.92 Å². The van der Waals surface area contributed by atoms with E-state index in [2.05, 4.69) is 19.2 Å². The van der Waals surface area contributed by atoms with Gasteiger partial charge in [0.1, 0.15) is 0 Å². The molecule has 0 saturated carbocycles. The van der Waals surface area contributed by atoms with Crippen molar-refractivity contribution in [1.82, 2.24) is 5.32 Å². The summed E-state index contributed by atoms with van der Waals surface area (Å²) in [6.07, 6.45) is 4.71. The number of aliphatic hydroxyl groups excluding tert-OH is 1. The van der Waals surface area contributed by atoms with Crippen LogP contribution in [0.5, 0.6) is 0 Å². The van der Waals surface area contributed by atoms with Crippen molar-refractivity contribution in [2.45, 2.75) is 52.6 Å². The van der Waals surface area contributed by atoms with E-state index in [4.69, 9.17) is 4.74 Å². The molecule has 0 aromatic heterocycles. The Morgan fingerprint density at radius 2 is 1.94 bits per heavy atom. The first-order valence-electron chi connectivity index (χ1n) is 6.71. The highest BCUT2D eigenvalue weighted by Gasteiger charge is 2.07. The lowest BCUT2D eigenvalue weighted by Gasteiger charge is -2.17.